The predicted molar refractivity (Wildman–Crippen MR) is 102 cm³/mol. The molecule has 0 aliphatic rings. The van der Waals surface area contributed by atoms with Crippen molar-refractivity contribution in [2.45, 2.75) is 13.8 Å². The maximum absolute atomic E-state index is 11.1. The van der Waals surface area contributed by atoms with Gasteiger partial charge >= 0.3 is 0 Å². The lowest BCUT2D eigenvalue weighted by Crippen LogP contribution is -2.28. The minimum Gasteiger partial charge on any atom is -0.356 e. The van der Waals surface area contributed by atoms with E-state index in [1.807, 2.05) is 32.0 Å². The Morgan fingerprint density at radius 3 is 2.65 bits per heavy atom. The van der Waals surface area contributed by atoms with Crippen molar-refractivity contribution >= 4 is 27.3 Å². The quantitative estimate of drug-likeness (QED) is 0.593. The molecule has 138 valence electrons. The van der Waals surface area contributed by atoms with Crippen LogP contribution in [0.1, 0.15) is 10.6 Å². The number of nitrogens with zero attached hydrogens (tertiary/aromatic N) is 3. The number of aromatic nitrogens is 3. The van der Waals surface area contributed by atoms with Crippen LogP contribution in [0.3, 0.4) is 0 Å². The van der Waals surface area contributed by atoms with Gasteiger partial charge in [-0.2, -0.15) is 0 Å². The fraction of sp³-hybridized carbons (Fsp3) is 0.312. The molecule has 0 saturated heterocycles. The zero-order chi connectivity index (χ0) is 18.7. The molecule has 3 heterocycles. The van der Waals surface area contributed by atoms with Crippen LogP contribution in [0.2, 0.25) is 0 Å². The van der Waals surface area contributed by atoms with Gasteiger partial charge in [0.05, 0.1) is 28.1 Å². The van der Waals surface area contributed by atoms with Crippen molar-refractivity contribution in [2.75, 3.05) is 24.7 Å². The lowest BCUT2D eigenvalue weighted by Gasteiger charge is -2.09. The van der Waals surface area contributed by atoms with E-state index >= 15 is 0 Å². The molecule has 8 nitrogen and oxygen atoms in total. The van der Waals surface area contributed by atoms with Crippen molar-refractivity contribution in [1.29, 1.82) is 0 Å². The Balaban J connectivity index is 1.87. The molecule has 26 heavy (non-hydrogen) atoms. The summed E-state index contributed by atoms with van der Waals surface area (Å²) in [4.78, 5) is 11.1. The van der Waals surface area contributed by atoms with Crippen LogP contribution in [0.5, 0.6) is 0 Å². The number of anilines is 1. The normalized spacial score (nSPS) is 11.7. The van der Waals surface area contributed by atoms with E-state index in [1.165, 1.54) is 4.88 Å². The summed E-state index contributed by atoms with van der Waals surface area (Å²) in [6.07, 6.45) is 2.80. The van der Waals surface area contributed by atoms with Crippen LogP contribution in [-0.4, -0.2) is 42.9 Å². The van der Waals surface area contributed by atoms with E-state index in [-0.39, 0.29) is 6.54 Å². The van der Waals surface area contributed by atoms with Crippen LogP contribution < -0.4 is 10.0 Å². The van der Waals surface area contributed by atoms with Crippen molar-refractivity contribution in [1.82, 2.24) is 19.8 Å². The maximum atomic E-state index is 11.1. The average molecular weight is 393 g/mol. The maximum Gasteiger partial charge on any atom is 0.223 e. The van der Waals surface area contributed by atoms with Gasteiger partial charge in [0, 0.05) is 30.2 Å². The summed E-state index contributed by atoms with van der Waals surface area (Å²) in [7, 11) is -3.22. The lowest BCUT2D eigenvalue weighted by molar-refractivity contribution is 0.427. The molecule has 0 atom stereocenters. The largest absolute Gasteiger partial charge is 0.356 e. The topological polar surface area (TPSA) is 110 Å². The number of hydrogen-bond acceptors (Lipinski definition) is 8. The van der Waals surface area contributed by atoms with E-state index in [1.54, 1.807) is 17.5 Å². The third-order valence-electron chi connectivity index (χ3n) is 3.43. The molecule has 3 aromatic heterocycles. The van der Waals surface area contributed by atoms with Gasteiger partial charge in [-0.15, -0.1) is 11.3 Å². The predicted octanol–water partition coefficient (Wildman–Crippen LogP) is 2.44. The molecule has 0 spiro atoms. The van der Waals surface area contributed by atoms with E-state index < -0.39 is 10.0 Å². The van der Waals surface area contributed by atoms with E-state index in [4.69, 9.17) is 4.52 Å². The third-order valence-corrected chi connectivity index (χ3v) is 5.16. The minimum atomic E-state index is -3.22. The highest BCUT2D eigenvalue weighted by Gasteiger charge is 2.16. The molecular weight excluding hydrogens is 374 g/mol. The lowest BCUT2D eigenvalue weighted by atomic mass is 10.1. The Labute approximate surface area is 155 Å². The van der Waals surface area contributed by atoms with Gasteiger partial charge in [-0.05, 0) is 26.0 Å². The van der Waals surface area contributed by atoms with Gasteiger partial charge in [0.25, 0.3) is 0 Å². The first-order valence-corrected chi connectivity index (χ1v) is 10.6. The molecule has 2 N–H and O–H groups in total. The number of rotatable bonds is 7. The zero-order valence-corrected chi connectivity index (χ0v) is 16.2. The highest BCUT2D eigenvalue weighted by atomic mass is 32.2. The third kappa shape index (κ3) is 4.65. The molecular formula is C16H19N5O3S2. The van der Waals surface area contributed by atoms with Crippen LogP contribution in [-0.2, 0) is 10.0 Å². The molecule has 0 aromatic carbocycles. The monoisotopic (exact) mass is 393 g/mol. The second kappa shape index (κ2) is 7.52. The van der Waals surface area contributed by atoms with Crippen molar-refractivity contribution in [3.63, 3.8) is 0 Å². The van der Waals surface area contributed by atoms with Gasteiger partial charge in [-0.3, -0.25) is 0 Å². The molecule has 0 saturated carbocycles. The van der Waals surface area contributed by atoms with Crippen LogP contribution >= 0.6 is 11.3 Å². The average Bonchev–Trinajstić information content (AvgIpc) is 3.19. The number of aryl methyl sites for hydroxylation is 2. The molecule has 0 radical (unpaired) electrons. The summed E-state index contributed by atoms with van der Waals surface area (Å²) in [5.41, 5.74) is 2.28. The highest BCUT2D eigenvalue weighted by Crippen LogP contribution is 2.35. The van der Waals surface area contributed by atoms with Crippen molar-refractivity contribution in [3.05, 3.63) is 35.0 Å². The fourth-order valence-corrected chi connectivity index (χ4v) is 3.64. The van der Waals surface area contributed by atoms with Gasteiger partial charge in [0.1, 0.15) is 0 Å². The van der Waals surface area contributed by atoms with Gasteiger partial charge in [-0.1, -0.05) is 5.16 Å². The van der Waals surface area contributed by atoms with Gasteiger partial charge in [0.2, 0.25) is 16.0 Å². The summed E-state index contributed by atoms with van der Waals surface area (Å²) < 4.78 is 30.0. The molecule has 0 aliphatic carbocycles. The molecule has 3 aromatic rings. The smallest absolute Gasteiger partial charge is 0.223 e. The van der Waals surface area contributed by atoms with E-state index in [9.17, 15) is 8.42 Å². The Hall–Kier alpha value is -2.30. The Morgan fingerprint density at radius 2 is 2.04 bits per heavy atom. The Morgan fingerprint density at radius 1 is 1.23 bits per heavy atom. The number of thiophene rings is 1. The summed E-state index contributed by atoms with van der Waals surface area (Å²) in [6.45, 7) is 4.51. The van der Waals surface area contributed by atoms with E-state index in [0.29, 0.717) is 18.3 Å². The standard InChI is InChI=1S/C16H19N5O3S2/c1-10-8-13(24-21-10)12-9-18-16(17-6-7-19-26(3,22)23)20-15(12)14-5-4-11(2)25-14/h4-5,8-9,19H,6-7H2,1-3H3,(H,17,18,20). The van der Waals surface area contributed by atoms with Gasteiger partial charge in [0.15, 0.2) is 5.76 Å². The van der Waals surface area contributed by atoms with E-state index in [2.05, 4.69) is 25.2 Å². The first-order chi connectivity index (χ1) is 12.3. The summed E-state index contributed by atoms with van der Waals surface area (Å²) >= 11 is 1.63. The molecule has 0 bridgehead atoms. The highest BCUT2D eigenvalue weighted by molar-refractivity contribution is 7.88. The first-order valence-electron chi connectivity index (χ1n) is 7.88. The van der Waals surface area contributed by atoms with Crippen LogP contribution in [0, 0.1) is 13.8 Å². The number of nitrogens with one attached hydrogen (secondary N) is 2. The summed E-state index contributed by atoms with van der Waals surface area (Å²) in [5.74, 6) is 1.02. The molecule has 0 amide bonds. The van der Waals surface area contributed by atoms with Gasteiger partial charge < -0.3 is 9.84 Å². The van der Waals surface area contributed by atoms with Crippen molar-refractivity contribution in [2.24, 2.45) is 0 Å². The van der Waals surface area contributed by atoms with Crippen molar-refractivity contribution < 1.29 is 12.9 Å². The Bertz CT molecular complexity index is 1010. The zero-order valence-electron chi connectivity index (χ0n) is 14.6. The minimum absolute atomic E-state index is 0.249. The molecule has 10 heteroatoms. The number of sulfonamides is 1. The van der Waals surface area contributed by atoms with Crippen LogP contribution in [0.15, 0.2) is 28.9 Å². The SMILES string of the molecule is Cc1cc(-c2cnc(NCCNS(C)(=O)=O)nc2-c2ccc(C)s2)on1. The van der Waals surface area contributed by atoms with Crippen LogP contribution in [0.25, 0.3) is 21.9 Å². The summed E-state index contributed by atoms with van der Waals surface area (Å²) in [6, 6.07) is 5.87. The van der Waals surface area contributed by atoms with Crippen LogP contribution in [0.4, 0.5) is 5.95 Å². The number of hydrogen-bond donors (Lipinski definition) is 2. The summed E-state index contributed by atoms with van der Waals surface area (Å²) in [5, 5.41) is 6.96. The molecule has 0 fully saturated rings. The fourth-order valence-electron chi connectivity index (χ4n) is 2.30. The second-order valence-corrected chi connectivity index (χ2v) is 8.91. The first kappa shape index (κ1) is 18.5. The molecule has 0 unspecified atom stereocenters. The van der Waals surface area contributed by atoms with Crippen molar-refractivity contribution in [3.8, 4) is 21.9 Å². The Kier molecular flexibility index (Phi) is 5.35. The van der Waals surface area contributed by atoms with Gasteiger partial charge in [-0.25, -0.2) is 23.1 Å². The molecule has 3 rings (SSSR count). The van der Waals surface area contributed by atoms with E-state index in [0.717, 1.165) is 28.1 Å². The second-order valence-electron chi connectivity index (χ2n) is 5.79. The molecule has 0 aliphatic heterocycles.